The zero-order valence-corrected chi connectivity index (χ0v) is 19.4. The molecule has 5 rings (SSSR count). The topological polar surface area (TPSA) is 127 Å². The lowest BCUT2D eigenvalue weighted by molar-refractivity contribution is -0.127. The van der Waals surface area contributed by atoms with Gasteiger partial charge >= 0.3 is 6.09 Å². The predicted octanol–water partition coefficient (Wildman–Crippen LogP) is 2.83. The van der Waals surface area contributed by atoms with Crippen molar-refractivity contribution in [3.63, 3.8) is 0 Å². The fourth-order valence-corrected chi connectivity index (χ4v) is 3.85. The Hall–Kier alpha value is -4.28. The average Bonchev–Trinajstić information content (AvgIpc) is 3.40. The SMILES string of the molecule is CC1(C)OC(=O)N(c2c(C(C)(C)C)[nH]n3c(-n4nc(-c5ccccc5)ccc4=O)nnc23)C1=O. The Morgan fingerprint density at radius 2 is 1.68 bits per heavy atom. The second-order valence-corrected chi connectivity index (χ2v) is 9.60. The van der Waals surface area contributed by atoms with Crippen molar-refractivity contribution in [2.45, 2.75) is 45.6 Å². The van der Waals surface area contributed by atoms with Crippen molar-refractivity contribution in [1.29, 1.82) is 0 Å². The number of ether oxygens (including phenoxy) is 1. The van der Waals surface area contributed by atoms with Crippen LogP contribution in [0.5, 0.6) is 0 Å². The van der Waals surface area contributed by atoms with Crippen molar-refractivity contribution in [1.82, 2.24) is 29.6 Å². The van der Waals surface area contributed by atoms with Crippen molar-refractivity contribution in [2.75, 3.05) is 4.90 Å². The zero-order valence-electron chi connectivity index (χ0n) is 19.4. The number of imide groups is 1. The standard InChI is InChI=1S/C23H23N7O4/c1-22(2,3)17-16(28-19(32)23(4,5)34-21(28)33)18-24-25-20(30(18)27-17)29-15(31)12-11-14(26-29)13-9-7-6-8-10-13/h6-12,27H,1-5H3. The van der Waals surface area contributed by atoms with Gasteiger partial charge in [-0.1, -0.05) is 51.1 Å². The summed E-state index contributed by atoms with van der Waals surface area (Å²) in [4.78, 5) is 39.4. The van der Waals surface area contributed by atoms with Crippen LogP contribution in [0, 0.1) is 0 Å². The van der Waals surface area contributed by atoms with E-state index in [0.717, 1.165) is 15.1 Å². The molecule has 0 spiro atoms. The second kappa shape index (κ2) is 7.11. The lowest BCUT2D eigenvalue weighted by atomic mass is 9.91. The number of benzene rings is 1. The molecule has 11 heteroatoms. The number of cyclic esters (lactones) is 1. The van der Waals surface area contributed by atoms with Gasteiger partial charge in [0.25, 0.3) is 17.4 Å². The summed E-state index contributed by atoms with van der Waals surface area (Å²) in [6.07, 6.45) is -0.798. The molecule has 1 aromatic carbocycles. The van der Waals surface area contributed by atoms with E-state index in [2.05, 4.69) is 20.4 Å². The highest BCUT2D eigenvalue weighted by atomic mass is 16.6. The van der Waals surface area contributed by atoms with Gasteiger partial charge in [0.15, 0.2) is 5.60 Å². The number of nitrogens with one attached hydrogen (secondary N) is 1. The average molecular weight is 461 g/mol. The number of carbonyl (C=O) groups is 2. The quantitative estimate of drug-likeness (QED) is 0.497. The highest BCUT2D eigenvalue weighted by Gasteiger charge is 2.50. The molecule has 0 unspecified atom stereocenters. The number of aromatic amines is 1. The smallest absolute Gasteiger partial charge is 0.422 e. The first-order valence-electron chi connectivity index (χ1n) is 10.7. The molecule has 4 heterocycles. The van der Waals surface area contributed by atoms with E-state index >= 15 is 0 Å². The summed E-state index contributed by atoms with van der Waals surface area (Å²) in [6, 6.07) is 12.4. The van der Waals surface area contributed by atoms with E-state index in [0.29, 0.717) is 11.4 Å². The highest BCUT2D eigenvalue weighted by molar-refractivity contribution is 6.21. The molecule has 11 nitrogen and oxygen atoms in total. The molecule has 3 aromatic heterocycles. The molecular weight excluding hydrogens is 438 g/mol. The Kier molecular flexibility index (Phi) is 4.51. The Morgan fingerprint density at radius 3 is 2.29 bits per heavy atom. The number of hydrogen-bond acceptors (Lipinski definition) is 7. The van der Waals surface area contributed by atoms with Gasteiger partial charge in [-0.15, -0.1) is 10.2 Å². The molecule has 1 saturated heterocycles. The number of carbonyl (C=O) groups excluding carboxylic acids is 2. The third kappa shape index (κ3) is 3.19. The maximum absolute atomic E-state index is 13.0. The number of H-pyrrole nitrogens is 1. The predicted molar refractivity (Wildman–Crippen MR) is 123 cm³/mol. The Bertz CT molecular complexity index is 1510. The van der Waals surface area contributed by atoms with Gasteiger partial charge in [0.05, 0.1) is 11.4 Å². The highest BCUT2D eigenvalue weighted by Crippen LogP contribution is 2.39. The van der Waals surface area contributed by atoms with Crippen molar-refractivity contribution in [2.24, 2.45) is 0 Å². The van der Waals surface area contributed by atoms with Crippen LogP contribution >= 0.6 is 0 Å². The molecule has 174 valence electrons. The van der Waals surface area contributed by atoms with Gasteiger partial charge in [0, 0.05) is 17.0 Å². The first-order chi connectivity index (χ1) is 16.0. The van der Waals surface area contributed by atoms with E-state index in [-0.39, 0.29) is 17.3 Å². The van der Waals surface area contributed by atoms with Crippen LogP contribution in [0.25, 0.3) is 22.9 Å². The maximum Gasteiger partial charge on any atom is 0.422 e. The third-order valence-corrected chi connectivity index (χ3v) is 5.59. The van der Waals surface area contributed by atoms with Gasteiger partial charge in [0.2, 0.25) is 5.65 Å². The minimum absolute atomic E-state index is 0.0915. The number of fused-ring (bicyclic) bond motifs is 1. The normalized spacial score (nSPS) is 15.9. The van der Waals surface area contributed by atoms with E-state index in [1.165, 1.54) is 24.4 Å². The summed E-state index contributed by atoms with van der Waals surface area (Å²) < 4.78 is 7.87. The fraction of sp³-hybridized carbons (Fsp3) is 0.304. The number of rotatable bonds is 3. The zero-order chi connectivity index (χ0) is 24.4. The maximum atomic E-state index is 13.0. The third-order valence-electron chi connectivity index (χ3n) is 5.59. The minimum atomic E-state index is -1.31. The van der Waals surface area contributed by atoms with Crippen molar-refractivity contribution in [3.05, 3.63) is 58.5 Å². The molecule has 34 heavy (non-hydrogen) atoms. The first-order valence-corrected chi connectivity index (χ1v) is 10.7. The van der Waals surface area contributed by atoms with E-state index < -0.39 is 28.6 Å². The number of hydrogen-bond donors (Lipinski definition) is 1. The molecule has 1 N–H and O–H groups in total. The number of aromatic nitrogens is 6. The summed E-state index contributed by atoms with van der Waals surface area (Å²) in [5.41, 5.74) is 0.124. The minimum Gasteiger partial charge on any atom is -0.433 e. The fourth-order valence-electron chi connectivity index (χ4n) is 3.85. The van der Waals surface area contributed by atoms with Gasteiger partial charge in [-0.05, 0) is 19.9 Å². The molecule has 0 atom stereocenters. The summed E-state index contributed by atoms with van der Waals surface area (Å²) in [5.74, 6) is -0.427. The number of amides is 2. The summed E-state index contributed by atoms with van der Waals surface area (Å²) in [6.45, 7) is 8.83. The van der Waals surface area contributed by atoms with Crippen LogP contribution in [0.15, 0.2) is 47.3 Å². The van der Waals surface area contributed by atoms with Gasteiger partial charge in [-0.2, -0.15) is 14.3 Å². The number of nitrogens with zero attached hydrogens (tertiary/aromatic N) is 6. The van der Waals surface area contributed by atoms with Crippen molar-refractivity contribution >= 4 is 23.3 Å². The molecule has 0 saturated carbocycles. The van der Waals surface area contributed by atoms with Gasteiger partial charge in [0.1, 0.15) is 5.69 Å². The molecule has 1 aliphatic rings. The molecule has 2 amide bonds. The monoisotopic (exact) mass is 461 g/mol. The van der Waals surface area contributed by atoms with E-state index in [1.807, 2.05) is 51.1 Å². The molecular formula is C23H23N7O4. The largest absolute Gasteiger partial charge is 0.433 e. The Balaban J connectivity index is 1.74. The summed E-state index contributed by atoms with van der Waals surface area (Å²) in [7, 11) is 0. The Morgan fingerprint density at radius 1 is 0.971 bits per heavy atom. The van der Waals surface area contributed by atoms with Crippen LogP contribution < -0.4 is 10.5 Å². The summed E-state index contributed by atoms with van der Waals surface area (Å²) in [5, 5.41) is 16.0. The van der Waals surface area contributed by atoms with Crippen molar-refractivity contribution < 1.29 is 14.3 Å². The van der Waals surface area contributed by atoms with Crippen LogP contribution in [-0.2, 0) is 14.9 Å². The Labute approximate surface area is 194 Å². The van der Waals surface area contributed by atoms with Gasteiger partial charge in [-0.3, -0.25) is 14.7 Å². The van der Waals surface area contributed by atoms with Crippen LogP contribution in [0.3, 0.4) is 0 Å². The second-order valence-electron chi connectivity index (χ2n) is 9.60. The van der Waals surface area contributed by atoms with E-state index in [9.17, 15) is 14.4 Å². The van der Waals surface area contributed by atoms with Crippen LogP contribution in [-0.4, -0.2) is 47.2 Å². The molecule has 0 radical (unpaired) electrons. The lowest BCUT2D eigenvalue weighted by Crippen LogP contribution is -2.37. The molecule has 0 aliphatic carbocycles. The molecule has 4 aromatic rings. The van der Waals surface area contributed by atoms with Gasteiger partial charge in [-0.25, -0.2) is 9.69 Å². The molecule has 1 fully saturated rings. The molecule has 0 bridgehead atoms. The molecule has 1 aliphatic heterocycles. The van der Waals surface area contributed by atoms with Crippen molar-refractivity contribution in [3.8, 4) is 17.2 Å². The van der Waals surface area contributed by atoms with E-state index in [1.54, 1.807) is 6.07 Å². The number of anilines is 1. The lowest BCUT2D eigenvalue weighted by Gasteiger charge is -2.21. The van der Waals surface area contributed by atoms with Gasteiger partial charge < -0.3 is 4.74 Å². The van der Waals surface area contributed by atoms with Crippen LogP contribution in [0.4, 0.5) is 10.5 Å². The van der Waals surface area contributed by atoms with Crippen LogP contribution in [0.1, 0.15) is 40.3 Å². The van der Waals surface area contributed by atoms with E-state index in [4.69, 9.17) is 4.74 Å². The summed E-state index contributed by atoms with van der Waals surface area (Å²) >= 11 is 0. The first kappa shape index (κ1) is 21.6. The van der Waals surface area contributed by atoms with Crippen LogP contribution in [0.2, 0.25) is 0 Å².